The second-order valence-electron chi connectivity index (χ2n) is 7.09. The second kappa shape index (κ2) is 19.2. The van der Waals surface area contributed by atoms with Crippen molar-refractivity contribution in [1.29, 1.82) is 0 Å². The minimum Gasteiger partial charge on any atom is -0.481 e. The van der Waals surface area contributed by atoms with E-state index in [2.05, 4.69) is 18.7 Å². The number of unbranched alkanes of at least 4 members (excludes halogenated alkanes) is 5. The van der Waals surface area contributed by atoms with Gasteiger partial charge in [-0.1, -0.05) is 38.0 Å². The van der Waals surface area contributed by atoms with Gasteiger partial charge in [-0.05, 0) is 51.4 Å². The lowest BCUT2D eigenvalue weighted by atomic mass is 10.1. The molecule has 0 spiro atoms. The molecule has 0 bridgehead atoms. The van der Waals surface area contributed by atoms with Gasteiger partial charge in [0.05, 0.1) is 19.4 Å². The average Bonchev–Trinajstić information content (AvgIpc) is 2.69. The highest BCUT2D eigenvalue weighted by Crippen LogP contribution is 2.14. The highest BCUT2D eigenvalue weighted by Gasteiger charge is 2.17. The maximum atomic E-state index is 11.8. The van der Waals surface area contributed by atoms with Crippen LogP contribution < -0.4 is 0 Å². The Morgan fingerprint density at radius 1 is 0.897 bits per heavy atom. The highest BCUT2D eigenvalue weighted by atomic mass is 16.5. The van der Waals surface area contributed by atoms with Gasteiger partial charge in [0.25, 0.3) is 0 Å². The Kier molecular flexibility index (Phi) is 17.8. The smallest absolute Gasteiger partial charge is 0.306 e. The molecule has 0 amide bonds. The Labute approximate surface area is 175 Å². The first-order valence-corrected chi connectivity index (χ1v) is 10.8. The first-order chi connectivity index (χ1) is 14.0. The molecule has 29 heavy (non-hydrogen) atoms. The van der Waals surface area contributed by atoms with E-state index in [1.807, 2.05) is 13.0 Å². The molecule has 0 fully saturated rings. The third-order valence-corrected chi connectivity index (χ3v) is 4.33. The molecule has 1 atom stereocenters. The topological polar surface area (TPSA) is 89.9 Å². The quantitative estimate of drug-likeness (QED) is 0.175. The Balaban J connectivity index is 4.22. The predicted octanol–water partition coefficient (Wildman–Crippen LogP) is 5.36. The van der Waals surface area contributed by atoms with Crippen LogP contribution in [-0.4, -0.2) is 35.7 Å². The number of hydrogen-bond donors (Lipinski definition) is 1. The van der Waals surface area contributed by atoms with Crippen molar-refractivity contribution in [2.24, 2.45) is 0 Å². The van der Waals surface area contributed by atoms with Gasteiger partial charge in [-0.2, -0.15) is 0 Å². The van der Waals surface area contributed by atoms with Crippen LogP contribution in [0.3, 0.4) is 0 Å². The lowest BCUT2D eigenvalue weighted by Crippen LogP contribution is -2.20. The molecule has 1 N–H and O–H groups in total. The minimum atomic E-state index is -1.03. The van der Waals surface area contributed by atoms with E-state index in [4.69, 9.17) is 14.6 Å². The largest absolute Gasteiger partial charge is 0.481 e. The molecule has 0 aromatic rings. The summed E-state index contributed by atoms with van der Waals surface area (Å²) < 4.78 is 10.4. The van der Waals surface area contributed by atoms with Crippen molar-refractivity contribution in [3.05, 3.63) is 24.8 Å². The Hall–Kier alpha value is -2.11. The average molecular weight is 411 g/mol. The molecule has 0 heterocycles. The lowest BCUT2D eigenvalue weighted by molar-refractivity contribution is -0.154. The number of hydrogen-bond acceptors (Lipinski definition) is 5. The molecule has 0 saturated heterocycles. The van der Waals surface area contributed by atoms with Gasteiger partial charge in [-0.25, -0.2) is 0 Å². The van der Waals surface area contributed by atoms with Gasteiger partial charge >= 0.3 is 17.9 Å². The highest BCUT2D eigenvalue weighted by molar-refractivity contribution is 5.76. The van der Waals surface area contributed by atoms with E-state index in [1.54, 1.807) is 0 Å². The third kappa shape index (κ3) is 19.0. The van der Waals surface area contributed by atoms with Crippen molar-refractivity contribution in [3.63, 3.8) is 0 Å². The Morgan fingerprint density at radius 3 is 2.24 bits per heavy atom. The minimum absolute atomic E-state index is 0.159. The van der Waals surface area contributed by atoms with Gasteiger partial charge in [-0.15, -0.1) is 6.58 Å². The van der Waals surface area contributed by atoms with Crippen LogP contribution >= 0.6 is 0 Å². The van der Waals surface area contributed by atoms with E-state index in [0.29, 0.717) is 19.4 Å². The molecule has 0 saturated carbocycles. The normalized spacial score (nSPS) is 11.9. The summed E-state index contributed by atoms with van der Waals surface area (Å²) in [4.78, 5) is 34.1. The zero-order valence-corrected chi connectivity index (χ0v) is 17.9. The third-order valence-electron chi connectivity index (χ3n) is 4.33. The molecule has 0 rings (SSSR count). The molecule has 0 aliphatic rings. The number of carbonyl (C=O) groups is 3. The van der Waals surface area contributed by atoms with Crippen LogP contribution in [0.5, 0.6) is 0 Å². The summed E-state index contributed by atoms with van der Waals surface area (Å²) in [6.45, 7) is 6.03. The number of esters is 2. The molecular formula is C23H38O6. The number of rotatable bonds is 19. The standard InChI is InChI=1S/C23H38O6/c1-3-5-6-7-8-9-10-11-12-13-14-20(15-17-22(26)28-19-4-2)29-23(27)18-16-21(24)25/h3,11-12,20H,1,4-10,13-19H2,2H3,(H,24,25)/b12-11-/t20-/m0/s1. The molecule has 0 aromatic carbocycles. The number of ether oxygens (including phenoxy) is 2. The van der Waals surface area contributed by atoms with Crippen LogP contribution in [0.2, 0.25) is 0 Å². The molecule has 166 valence electrons. The molecule has 6 heteroatoms. The molecule has 0 aliphatic carbocycles. The second-order valence-corrected chi connectivity index (χ2v) is 7.09. The molecule has 6 nitrogen and oxygen atoms in total. The Morgan fingerprint density at radius 2 is 1.59 bits per heavy atom. The van der Waals surface area contributed by atoms with Crippen LogP contribution in [0.15, 0.2) is 24.8 Å². The molecule has 0 unspecified atom stereocenters. The van der Waals surface area contributed by atoms with Gasteiger partial charge in [0.2, 0.25) is 0 Å². The summed E-state index contributed by atoms with van der Waals surface area (Å²) in [6.07, 6.45) is 14.9. The number of carbonyl (C=O) groups excluding carboxylic acids is 2. The zero-order chi connectivity index (χ0) is 21.7. The van der Waals surface area contributed by atoms with Gasteiger partial charge in [0.15, 0.2) is 0 Å². The number of carboxylic acids is 1. The monoisotopic (exact) mass is 410 g/mol. The van der Waals surface area contributed by atoms with Crippen molar-refractivity contribution in [3.8, 4) is 0 Å². The summed E-state index contributed by atoms with van der Waals surface area (Å²) in [5, 5.41) is 8.68. The maximum absolute atomic E-state index is 11.8. The summed E-state index contributed by atoms with van der Waals surface area (Å²) in [5.41, 5.74) is 0. The van der Waals surface area contributed by atoms with E-state index < -0.39 is 18.0 Å². The van der Waals surface area contributed by atoms with Crippen LogP contribution in [-0.2, 0) is 23.9 Å². The molecule has 0 aliphatic heterocycles. The van der Waals surface area contributed by atoms with Gasteiger partial charge < -0.3 is 14.6 Å². The SMILES string of the molecule is C=CCCCCCC/C=C\CC[C@@H](CCC(=O)OCCC)OC(=O)CCC(=O)O. The van der Waals surface area contributed by atoms with E-state index in [-0.39, 0.29) is 25.2 Å². The predicted molar refractivity (Wildman–Crippen MR) is 114 cm³/mol. The van der Waals surface area contributed by atoms with Gasteiger partial charge in [0.1, 0.15) is 6.10 Å². The Bertz CT molecular complexity index is 498. The molecule has 0 aromatic heterocycles. The van der Waals surface area contributed by atoms with E-state index in [1.165, 1.54) is 19.3 Å². The lowest BCUT2D eigenvalue weighted by Gasteiger charge is -2.17. The number of carboxylic acid groups (broad SMARTS) is 1. The van der Waals surface area contributed by atoms with Crippen LogP contribution in [0.4, 0.5) is 0 Å². The van der Waals surface area contributed by atoms with Crippen LogP contribution in [0, 0.1) is 0 Å². The van der Waals surface area contributed by atoms with Crippen LogP contribution in [0.1, 0.15) is 90.4 Å². The zero-order valence-electron chi connectivity index (χ0n) is 17.9. The maximum Gasteiger partial charge on any atom is 0.306 e. The summed E-state index contributed by atoms with van der Waals surface area (Å²) in [6, 6.07) is 0. The van der Waals surface area contributed by atoms with E-state index >= 15 is 0 Å². The summed E-state index contributed by atoms with van der Waals surface area (Å²) in [7, 11) is 0. The summed E-state index contributed by atoms with van der Waals surface area (Å²) in [5.74, 6) is -1.87. The van der Waals surface area contributed by atoms with E-state index in [9.17, 15) is 14.4 Å². The molecule has 0 radical (unpaired) electrons. The molecular weight excluding hydrogens is 372 g/mol. The summed E-state index contributed by atoms with van der Waals surface area (Å²) >= 11 is 0. The fourth-order valence-corrected chi connectivity index (χ4v) is 2.71. The first kappa shape index (κ1) is 26.9. The fraction of sp³-hybridized carbons (Fsp3) is 0.696. The number of allylic oxidation sites excluding steroid dienone is 3. The first-order valence-electron chi connectivity index (χ1n) is 10.8. The van der Waals surface area contributed by atoms with Crippen molar-refractivity contribution in [2.45, 2.75) is 96.5 Å². The van der Waals surface area contributed by atoms with Crippen molar-refractivity contribution in [1.82, 2.24) is 0 Å². The number of aliphatic carboxylic acids is 1. The van der Waals surface area contributed by atoms with Gasteiger partial charge in [-0.3, -0.25) is 14.4 Å². The van der Waals surface area contributed by atoms with Crippen molar-refractivity contribution >= 4 is 17.9 Å². The van der Waals surface area contributed by atoms with Crippen LogP contribution in [0.25, 0.3) is 0 Å². The van der Waals surface area contributed by atoms with E-state index in [0.717, 1.165) is 32.1 Å². The van der Waals surface area contributed by atoms with Crippen molar-refractivity contribution in [2.75, 3.05) is 6.61 Å². The fourth-order valence-electron chi connectivity index (χ4n) is 2.71. The van der Waals surface area contributed by atoms with Crippen molar-refractivity contribution < 1.29 is 29.0 Å². The van der Waals surface area contributed by atoms with Gasteiger partial charge in [0, 0.05) is 6.42 Å².